The van der Waals surface area contributed by atoms with Crippen molar-refractivity contribution < 1.29 is 9.53 Å². The summed E-state index contributed by atoms with van der Waals surface area (Å²) in [5, 5.41) is 2.33. The number of nitrogens with one attached hydrogen (secondary N) is 2. The monoisotopic (exact) mass is 182 g/mol. The first kappa shape index (κ1) is 7.59. The van der Waals surface area contributed by atoms with Gasteiger partial charge < -0.3 is 15.8 Å². The number of anilines is 2. The predicted molar refractivity (Wildman–Crippen MR) is 43.4 cm³/mol. The zero-order valence-corrected chi connectivity index (χ0v) is 6.46. The minimum Gasteiger partial charge on any atom is -0.466 e. The first-order valence-corrected chi connectivity index (χ1v) is 3.49. The first-order chi connectivity index (χ1) is 6.16. The Bertz CT molecular complexity index is 424. The number of fused-ring (bicyclic) bond motifs is 1. The lowest BCUT2D eigenvalue weighted by Crippen LogP contribution is -2.31. The molecule has 1 aromatic rings. The second-order valence-electron chi connectivity index (χ2n) is 2.47. The quantitative estimate of drug-likeness (QED) is 0.461. The number of ether oxygens (including phenoxy) is 1. The maximum atomic E-state index is 11.2. The van der Waals surface area contributed by atoms with Gasteiger partial charge in [0.2, 0.25) is 11.8 Å². The average Bonchev–Trinajstić information content (AvgIpc) is 2.06. The molecular weight excluding hydrogens is 176 g/mol. The van der Waals surface area contributed by atoms with Crippen LogP contribution in [0.4, 0.5) is 11.6 Å². The fourth-order valence-electron chi connectivity index (χ4n) is 0.993. The van der Waals surface area contributed by atoms with E-state index in [4.69, 9.17) is 10.5 Å². The molecular formula is C6H6N4O3. The number of H-pyrrole nitrogens is 1. The predicted octanol–water partition coefficient (Wildman–Crippen LogP) is -1.32. The molecule has 1 amide bonds. The maximum absolute atomic E-state index is 11.2. The van der Waals surface area contributed by atoms with Crippen molar-refractivity contribution >= 4 is 17.5 Å². The number of nitrogen functional groups attached to an aromatic ring is 1. The van der Waals surface area contributed by atoms with Crippen molar-refractivity contribution in [1.29, 1.82) is 0 Å². The summed E-state index contributed by atoms with van der Waals surface area (Å²) in [6, 6.07) is 0. The molecule has 1 aliphatic rings. The Kier molecular flexibility index (Phi) is 1.44. The molecule has 0 unspecified atom stereocenters. The van der Waals surface area contributed by atoms with Crippen molar-refractivity contribution in [2.45, 2.75) is 0 Å². The summed E-state index contributed by atoms with van der Waals surface area (Å²) < 4.78 is 4.87. The summed E-state index contributed by atoms with van der Waals surface area (Å²) in [6.07, 6.45) is 0. The van der Waals surface area contributed by atoms with Gasteiger partial charge in [-0.25, -0.2) is 0 Å². The number of aromatic nitrogens is 2. The standard InChI is InChI=1S/C6H6N4O3/c7-6-9-4(12)3-5(10-6)13-1-2(11)8-3/h1H2,(H,8,11)(H3,7,9,10,12). The Balaban J connectivity index is 2.59. The number of nitrogens with two attached hydrogens (primary N) is 1. The molecule has 2 heterocycles. The van der Waals surface area contributed by atoms with E-state index in [1.807, 2.05) is 0 Å². The number of aromatic amines is 1. The maximum Gasteiger partial charge on any atom is 0.280 e. The van der Waals surface area contributed by atoms with Crippen LogP contribution in [-0.4, -0.2) is 22.5 Å². The zero-order chi connectivity index (χ0) is 9.42. The van der Waals surface area contributed by atoms with Crippen LogP contribution < -0.4 is 21.3 Å². The summed E-state index contributed by atoms with van der Waals surface area (Å²) in [4.78, 5) is 27.9. The van der Waals surface area contributed by atoms with Gasteiger partial charge in [0.15, 0.2) is 12.3 Å². The van der Waals surface area contributed by atoms with Crippen LogP contribution in [0.1, 0.15) is 0 Å². The molecule has 68 valence electrons. The van der Waals surface area contributed by atoms with E-state index in [2.05, 4.69) is 15.3 Å². The normalized spacial score (nSPS) is 14.3. The van der Waals surface area contributed by atoms with Crippen molar-refractivity contribution in [3.8, 4) is 5.88 Å². The molecule has 1 aromatic heterocycles. The summed E-state index contributed by atoms with van der Waals surface area (Å²) >= 11 is 0. The lowest BCUT2D eigenvalue weighted by atomic mass is 10.4. The van der Waals surface area contributed by atoms with E-state index < -0.39 is 5.56 Å². The molecule has 0 saturated carbocycles. The van der Waals surface area contributed by atoms with Gasteiger partial charge in [0.1, 0.15) is 0 Å². The van der Waals surface area contributed by atoms with Gasteiger partial charge in [-0.05, 0) is 0 Å². The van der Waals surface area contributed by atoms with Crippen LogP contribution in [0.15, 0.2) is 4.79 Å². The van der Waals surface area contributed by atoms with E-state index >= 15 is 0 Å². The number of carbonyl (C=O) groups is 1. The van der Waals surface area contributed by atoms with Crippen LogP contribution in [0.3, 0.4) is 0 Å². The Morgan fingerprint density at radius 2 is 2.23 bits per heavy atom. The molecule has 0 spiro atoms. The Morgan fingerprint density at radius 1 is 1.46 bits per heavy atom. The van der Waals surface area contributed by atoms with Crippen LogP contribution in [0.25, 0.3) is 0 Å². The summed E-state index contributed by atoms with van der Waals surface area (Å²) in [6.45, 7) is -0.150. The highest BCUT2D eigenvalue weighted by atomic mass is 16.5. The highest BCUT2D eigenvalue weighted by Gasteiger charge is 2.20. The van der Waals surface area contributed by atoms with Crippen LogP contribution in [0.5, 0.6) is 5.88 Å². The second kappa shape index (κ2) is 2.47. The fraction of sp³-hybridized carbons (Fsp3) is 0.167. The molecule has 13 heavy (non-hydrogen) atoms. The van der Waals surface area contributed by atoms with E-state index in [-0.39, 0.29) is 30.0 Å². The lowest BCUT2D eigenvalue weighted by molar-refractivity contribution is -0.118. The molecule has 1 aliphatic heterocycles. The van der Waals surface area contributed by atoms with Gasteiger partial charge in [-0.1, -0.05) is 0 Å². The number of hydrogen-bond acceptors (Lipinski definition) is 5. The fourth-order valence-corrected chi connectivity index (χ4v) is 0.993. The van der Waals surface area contributed by atoms with Crippen LogP contribution in [-0.2, 0) is 4.79 Å². The molecule has 7 nitrogen and oxygen atoms in total. The van der Waals surface area contributed by atoms with Crippen LogP contribution >= 0.6 is 0 Å². The van der Waals surface area contributed by atoms with Gasteiger partial charge in [-0.15, -0.1) is 0 Å². The summed E-state index contributed by atoms with van der Waals surface area (Å²) in [7, 11) is 0. The van der Waals surface area contributed by atoms with Crippen molar-refractivity contribution in [3.05, 3.63) is 10.4 Å². The number of hydrogen-bond donors (Lipinski definition) is 3. The van der Waals surface area contributed by atoms with E-state index in [0.29, 0.717) is 0 Å². The van der Waals surface area contributed by atoms with Crippen molar-refractivity contribution in [2.24, 2.45) is 0 Å². The van der Waals surface area contributed by atoms with Crippen LogP contribution in [0.2, 0.25) is 0 Å². The Hall–Kier alpha value is -2.05. The SMILES string of the molecule is Nc1nc2c(c(=O)[nH]1)NC(=O)CO2. The number of nitrogens with zero attached hydrogens (tertiary/aromatic N) is 1. The van der Waals surface area contributed by atoms with Gasteiger partial charge in [0, 0.05) is 0 Å². The van der Waals surface area contributed by atoms with Gasteiger partial charge in [-0.3, -0.25) is 14.6 Å². The number of rotatable bonds is 0. The van der Waals surface area contributed by atoms with Crippen LogP contribution in [0, 0.1) is 0 Å². The minimum absolute atomic E-state index is 0.00505. The van der Waals surface area contributed by atoms with E-state index in [0.717, 1.165) is 0 Å². The van der Waals surface area contributed by atoms with Gasteiger partial charge in [0.05, 0.1) is 0 Å². The third kappa shape index (κ3) is 1.19. The molecule has 0 aliphatic carbocycles. The molecule has 2 rings (SSSR count). The third-order valence-electron chi connectivity index (χ3n) is 1.51. The lowest BCUT2D eigenvalue weighted by Gasteiger charge is -2.15. The molecule has 7 heteroatoms. The molecule has 0 radical (unpaired) electrons. The molecule has 0 bridgehead atoms. The van der Waals surface area contributed by atoms with Gasteiger partial charge in [0.25, 0.3) is 11.5 Å². The largest absolute Gasteiger partial charge is 0.466 e. The zero-order valence-electron chi connectivity index (χ0n) is 6.46. The highest BCUT2D eigenvalue weighted by molar-refractivity contribution is 5.94. The second-order valence-corrected chi connectivity index (χ2v) is 2.47. The Labute approximate surface area is 71.9 Å². The van der Waals surface area contributed by atoms with E-state index in [1.165, 1.54) is 0 Å². The van der Waals surface area contributed by atoms with E-state index in [9.17, 15) is 9.59 Å². The summed E-state index contributed by atoms with van der Waals surface area (Å²) in [5.74, 6) is -0.370. The third-order valence-corrected chi connectivity index (χ3v) is 1.51. The average molecular weight is 182 g/mol. The van der Waals surface area contributed by atoms with Gasteiger partial charge in [-0.2, -0.15) is 4.98 Å². The molecule has 0 fully saturated rings. The number of amides is 1. The van der Waals surface area contributed by atoms with Crippen molar-refractivity contribution in [1.82, 2.24) is 9.97 Å². The molecule has 0 aromatic carbocycles. The van der Waals surface area contributed by atoms with Gasteiger partial charge >= 0.3 is 0 Å². The van der Waals surface area contributed by atoms with Crippen molar-refractivity contribution in [2.75, 3.05) is 17.7 Å². The highest BCUT2D eigenvalue weighted by Crippen LogP contribution is 2.19. The topological polar surface area (TPSA) is 110 Å². The van der Waals surface area contributed by atoms with Crippen molar-refractivity contribution in [3.63, 3.8) is 0 Å². The Morgan fingerprint density at radius 3 is 3.00 bits per heavy atom. The molecule has 0 saturated heterocycles. The smallest absolute Gasteiger partial charge is 0.280 e. The number of carbonyl (C=O) groups excluding carboxylic acids is 1. The minimum atomic E-state index is -0.518. The van der Waals surface area contributed by atoms with E-state index in [1.54, 1.807) is 0 Å². The molecule has 0 atom stereocenters. The molecule has 4 N–H and O–H groups in total. The first-order valence-electron chi connectivity index (χ1n) is 3.49. The summed E-state index contributed by atoms with van der Waals surface area (Å²) in [5.41, 5.74) is 4.75.